The average molecular weight is 301 g/mol. The van der Waals surface area contributed by atoms with Crippen LogP contribution >= 0.6 is 0 Å². The van der Waals surface area contributed by atoms with Crippen molar-refractivity contribution in [1.82, 2.24) is 15.3 Å². The van der Waals surface area contributed by atoms with E-state index in [1.165, 1.54) is 24.5 Å². The third-order valence-electron chi connectivity index (χ3n) is 2.99. The maximum absolute atomic E-state index is 13.7. The number of nitrogens with zero attached hydrogens (tertiary/aromatic N) is 2. The molecule has 1 aliphatic heterocycles. The van der Waals surface area contributed by atoms with E-state index in [9.17, 15) is 13.6 Å². The fraction of sp³-hybridized carbons (Fsp3) is 0.133. The van der Waals surface area contributed by atoms with E-state index in [-0.39, 0.29) is 12.2 Å². The molecule has 0 spiro atoms. The number of halogens is 2. The molecule has 1 atom stereocenters. The number of amides is 1. The van der Waals surface area contributed by atoms with Crippen molar-refractivity contribution in [2.75, 3.05) is 6.61 Å². The minimum atomic E-state index is -0.698. The smallest absolute Gasteiger partial charge is 0.407 e. The number of ether oxygens (including phenoxy) is 1. The lowest BCUT2D eigenvalue weighted by Crippen LogP contribution is -2.19. The van der Waals surface area contributed by atoms with Gasteiger partial charge in [0.1, 0.15) is 6.61 Å². The fourth-order valence-electron chi connectivity index (χ4n) is 1.95. The lowest BCUT2D eigenvalue weighted by atomic mass is 10.1. The number of carbonyl (C=O) groups is 1. The summed E-state index contributed by atoms with van der Waals surface area (Å²) in [6.07, 6.45) is 1.97. The zero-order valence-electron chi connectivity index (χ0n) is 11.1. The SMILES string of the molecule is O=C1N[C@H](c2cc(C#Cc3ccnc(F)c3)cnc2F)CO1. The van der Waals surface area contributed by atoms with Gasteiger partial charge in [-0.3, -0.25) is 0 Å². The van der Waals surface area contributed by atoms with Crippen molar-refractivity contribution in [3.63, 3.8) is 0 Å². The van der Waals surface area contributed by atoms with Gasteiger partial charge in [0, 0.05) is 35.2 Å². The summed E-state index contributed by atoms with van der Waals surface area (Å²) in [6, 6.07) is 3.63. The Morgan fingerprint density at radius 2 is 2.05 bits per heavy atom. The molecule has 2 aromatic heterocycles. The minimum Gasteiger partial charge on any atom is -0.447 e. The molecule has 3 rings (SSSR count). The van der Waals surface area contributed by atoms with Crippen LogP contribution < -0.4 is 5.32 Å². The molecule has 0 aromatic carbocycles. The van der Waals surface area contributed by atoms with Crippen LogP contribution in [0.25, 0.3) is 0 Å². The molecule has 0 aliphatic carbocycles. The molecule has 1 N–H and O–H groups in total. The van der Waals surface area contributed by atoms with Crippen LogP contribution in [0, 0.1) is 23.7 Å². The molecular weight excluding hydrogens is 292 g/mol. The van der Waals surface area contributed by atoms with Crippen LogP contribution in [-0.2, 0) is 4.74 Å². The molecule has 1 saturated heterocycles. The lowest BCUT2D eigenvalue weighted by Gasteiger charge is -2.08. The van der Waals surface area contributed by atoms with Gasteiger partial charge in [-0.25, -0.2) is 14.8 Å². The Morgan fingerprint density at radius 3 is 2.77 bits per heavy atom. The molecule has 3 heterocycles. The highest BCUT2D eigenvalue weighted by Gasteiger charge is 2.26. The van der Waals surface area contributed by atoms with E-state index >= 15 is 0 Å². The van der Waals surface area contributed by atoms with Gasteiger partial charge in [0.15, 0.2) is 0 Å². The van der Waals surface area contributed by atoms with E-state index in [2.05, 4.69) is 27.1 Å². The largest absolute Gasteiger partial charge is 0.447 e. The van der Waals surface area contributed by atoms with Crippen molar-refractivity contribution in [2.24, 2.45) is 0 Å². The molecular formula is C15H9F2N3O2. The van der Waals surface area contributed by atoms with Gasteiger partial charge in [-0.2, -0.15) is 8.78 Å². The van der Waals surface area contributed by atoms with Gasteiger partial charge in [0.05, 0.1) is 6.04 Å². The van der Waals surface area contributed by atoms with Crippen molar-refractivity contribution in [3.8, 4) is 11.8 Å². The van der Waals surface area contributed by atoms with Gasteiger partial charge in [0.25, 0.3) is 0 Å². The van der Waals surface area contributed by atoms with Gasteiger partial charge in [-0.15, -0.1) is 0 Å². The van der Waals surface area contributed by atoms with Crippen LogP contribution in [0.5, 0.6) is 0 Å². The predicted octanol–water partition coefficient (Wildman–Crippen LogP) is 1.94. The number of hydrogen-bond donors (Lipinski definition) is 1. The second-order valence-electron chi connectivity index (χ2n) is 4.52. The molecule has 2 aromatic rings. The zero-order chi connectivity index (χ0) is 15.5. The Balaban J connectivity index is 1.88. The van der Waals surface area contributed by atoms with Crippen LogP contribution in [-0.4, -0.2) is 22.7 Å². The molecule has 5 nitrogen and oxygen atoms in total. The highest BCUT2D eigenvalue weighted by molar-refractivity contribution is 5.70. The maximum atomic E-state index is 13.7. The number of aromatic nitrogens is 2. The summed E-state index contributed by atoms with van der Waals surface area (Å²) in [5.74, 6) is 4.17. The first-order valence-electron chi connectivity index (χ1n) is 6.34. The molecule has 0 radical (unpaired) electrons. The summed E-state index contributed by atoms with van der Waals surface area (Å²) < 4.78 is 31.4. The second kappa shape index (κ2) is 5.77. The number of cyclic esters (lactones) is 1. The van der Waals surface area contributed by atoms with E-state index < -0.39 is 24.0 Å². The first-order chi connectivity index (χ1) is 10.6. The van der Waals surface area contributed by atoms with Crippen molar-refractivity contribution in [1.29, 1.82) is 0 Å². The molecule has 0 saturated carbocycles. The normalized spacial score (nSPS) is 16.5. The Kier molecular flexibility index (Phi) is 3.66. The standard InChI is InChI=1S/C15H9F2N3O2/c16-13-6-9(3-4-18-13)1-2-10-5-11(14(17)19-7-10)12-8-22-15(21)20-12/h3-7,12H,8H2,(H,20,21)/t12-/m0/s1. The number of rotatable bonds is 1. The Bertz CT molecular complexity index is 799. The van der Waals surface area contributed by atoms with E-state index in [0.29, 0.717) is 11.1 Å². The Morgan fingerprint density at radius 1 is 1.23 bits per heavy atom. The summed E-state index contributed by atoms with van der Waals surface area (Å²) in [5, 5.41) is 2.47. The van der Waals surface area contributed by atoms with Crippen molar-refractivity contribution in [2.45, 2.75) is 6.04 Å². The lowest BCUT2D eigenvalue weighted by molar-refractivity contribution is 0.176. The topological polar surface area (TPSA) is 64.1 Å². The van der Waals surface area contributed by atoms with Crippen LogP contribution in [0.4, 0.5) is 13.6 Å². The highest BCUT2D eigenvalue weighted by Crippen LogP contribution is 2.20. The quantitative estimate of drug-likeness (QED) is 0.646. The molecule has 0 bridgehead atoms. The molecule has 1 fully saturated rings. The second-order valence-corrected chi connectivity index (χ2v) is 4.52. The molecule has 0 unspecified atom stereocenters. The molecule has 1 amide bonds. The predicted molar refractivity (Wildman–Crippen MR) is 71.6 cm³/mol. The summed E-state index contributed by atoms with van der Waals surface area (Å²) in [6.45, 7) is 0.0316. The zero-order valence-corrected chi connectivity index (χ0v) is 11.1. The number of pyridine rings is 2. The molecule has 22 heavy (non-hydrogen) atoms. The first kappa shape index (κ1) is 13.9. The van der Waals surface area contributed by atoms with Gasteiger partial charge in [-0.1, -0.05) is 11.8 Å². The van der Waals surface area contributed by atoms with Gasteiger partial charge < -0.3 is 10.1 Å². The summed E-state index contributed by atoms with van der Waals surface area (Å²) in [7, 11) is 0. The number of nitrogens with one attached hydrogen (secondary N) is 1. The average Bonchev–Trinajstić information content (AvgIpc) is 2.93. The summed E-state index contributed by atoms with van der Waals surface area (Å²) >= 11 is 0. The summed E-state index contributed by atoms with van der Waals surface area (Å²) in [5.41, 5.74) is 1.07. The molecule has 1 aliphatic rings. The van der Waals surface area contributed by atoms with Crippen LogP contribution in [0.1, 0.15) is 22.7 Å². The van der Waals surface area contributed by atoms with Crippen molar-refractivity contribution in [3.05, 3.63) is 59.2 Å². The van der Waals surface area contributed by atoms with Gasteiger partial charge >= 0.3 is 6.09 Å². The third-order valence-corrected chi connectivity index (χ3v) is 2.99. The Labute approximate surface area is 124 Å². The summed E-state index contributed by atoms with van der Waals surface area (Å²) in [4.78, 5) is 18.1. The highest BCUT2D eigenvalue weighted by atomic mass is 19.1. The first-order valence-corrected chi connectivity index (χ1v) is 6.34. The van der Waals surface area contributed by atoms with Crippen LogP contribution in [0.2, 0.25) is 0 Å². The third kappa shape index (κ3) is 3.01. The number of hydrogen-bond acceptors (Lipinski definition) is 4. The van der Waals surface area contributed by atoms with Gasteiger partial charge in [-0.05, 0) is 12.1 Å². The van der Waals surface area contributed by atoms with Crippen LogP contribution in [0.15, 0.2) is 30.6 Å². The van der Waals surface area contributed by atoms with E-state index in [0.717, 1.165) is 0 Å². The van der Waals surface area contributed by atoms with E-state index in [4.69, 9.17) is 4.74 Å². The Hall–Kier alpha value is -3.01. The van der Waals surface area contributed by atoms with Gasteiger partial charge in [0.2, 0.25) is 11.9 Å². The minimum absolute atomic E-state index is 0.0316. The number of carbonyl (C=O) groups excluding carboxylic acids is 1. The molecule has 7 heteroatoms. The monoisotopic (exact) mass is 301 g/mol. The van der Waals surface area contributed by atoms with Crippen molar-refractivity contribution < 1.29 is 18.3 Å². The number of alkyl carbamates (subject to hydrolysis) is 1. The fourth-order valence-corrected chi connectivity index (χ4v) is 1.95. The molecule has 110 valence electrons. The van der Waals surface area contributed by atoms with Crippen LogP contribution in [0.3, 0.4) is 0 Å². The van der Waals surface area contributed by atoms with E-state index in [1.54, 1.807) is 6.07 Å². The maximum Gasteiger partial charge on any atom is 0.407 e. The van der Waals surface area contributed by atoms with E-state index in [1.807, 2.05) is 0 Å². The van der Waals surface area contributed by atoms with Crippen molar-refractivity contribution >= 4 is 6.09 Å².